The largest absolute Gasteiger partial charge is 0.379 e. The minimum Gasteiger partial charge on any atom is -0.379 e. The monoisotopic (exact) mass is 349 g/mol. The van der Waals surface area contributed by atoms with Crippen LogP contribution in [0.4, 0.5) is 10.6 Å². The number of thiophene rings is 1. The van der Waals surface area contributed by atoms with Crippen molar-refractivity contribution >= 4 is 23.2 Å². The van der Waals surface area contributed by atoms with Crippen LogP contribution in [0.5, 0.6) is 0 Å². The third-order valence-electron chi connectivity index (χ3n) is 4.06. The molecule has 1 saturated heterocycles. The van der Waals surface area contributed by atoms with Gasteiger partial charge in [-0.2, -0.15) is 5.10 Å². The Hall–Kier alpha value is -1.90. The highest BCUT2D eigenvalue weighted by molar-refractivity contribution is 7.10. The highest BCUT2D eigenvalue weighted by atomic mass is 32.1. The molecule has 0 bridgehead atoms. The van der Waals surface area contributed by atoms with Gasteiger partial charge in [0.1, 0.15) is 5.82 Å². The van der Waals surface area contributed by atoms with Crippen LogP contribution in [0, 0.1) is 6.92 Å². The Labute approximate surface area is 145 Å². The fourth-order valence-corrected chi connectivity index (χ4v) is 3.72. The Morgan fingerprint density at radius 1 is 1.46 bits per heavy atom. The van der Waals surface area contributed by atoms with Crippen LogP contribution < -0.4 is 10.6 Å². The van der Waals surface area contributed by atoms with Crippen molar-refractivity contribution in [2.75, 3.05) is 38.2 Å². The van der Waals surface area contributed by atoms with Crippen molar-refractivity contribution in [3.63, 3.8) is 0 Å². The van der Waals surface area contributed by atoms with Crippen LogP contribution in [0.2, 0.25) is 0 Å². The average molecular weight is 349 g/mol. The number of rotatable bonds is 5. The summed E-state index contributed by atoms with van der Waals surface area (Å²) in [7, 11) is 1.81. The number of amides is 2. The van der Waals surface area contributed by atoms with Gasteiger partial charge in [-0.25, -0.2) is 4.79 Å². The highest BCUT2D eigenvalue weighted by Crippen LogP contribution is 2.25. The smallest absolute Gasteiger partial charge is 0.320 e. The summed E-state index contributed by atoms with van der Waals surface area (Å²) in [4.78, 5) is 15.9. The lowest BCUT2D eigenvalue weighted by atomic mass is 10.2. The zero-order valence-electron chi connectivity index (χ0n) is 14.0. The van der Waals surface area contributed by atoms with E-state index in [1.54, 1.807) is 16.0 Å². The maximum atomic E-state index is 12.2. The van der Waals surface area contributed by atoms with Crippen LogP contribution in [0.1, 0.15) is 16.6 Å². The van der Waals surface area contributed by atoms with Crippen molar-refractivity contribution in [3.8, 4) is 0 Å². The number of hydrogen-bond acceptors (Lipinski definition) is 5. The van der Waals surface area contributed by atoms with Crippen LogP contribution in [-0.4, -0.2) is 53.6 Å². The van der Waals surface area contributed by atoms with Crippen molar-refractivity contribution in [3.05, 3.63) is 34.2 Å². The molecule has 2 aromatic heterocycles. The summed E-state index contributed by atoms with van der Waals surface area (Å²) in [6.45, 7) is 5.70. The molecule has 2 amide bonds. The summed E-state index contributed by atoms with van der Waals surface area (Å²) < 4.78 is 7.10. The van der Waals surface area contributed by atoms with Crippen molar-refractivity contribution in [2.45, 2.75) is 13.0 Å². The molecule has 2 N–H and O–H groups in total. The van der Waals surface area contributed by atoms with E-state index in [0.717, 1.165) is 32.0 Å². The quantitative estimate of drug-likeness (QED) is 0.866. The fraction of sp³-hybridized carbons (Fsp3) is 0.500. The van der Waals surface area contributed by atoms with Crippen LogP contribution in [-0.2, 0) is 11.8 Å². The van der Waals surface area contributed by atoms with Gasteiger partial charge in [0.25, 0.3) is 0 Å². The lowest BCUT2D eigenvalue weighted by molar-refractivity contribution is 0.0175. The average Bonchev–Trinajstić information content (AvgIpc) is 3.19. The van der Waals surface area contributed by atoms with Crippen molar-refractivity contribution in [2.24, 2.45) is 7.05 Å². The summed E-state index contributed by atoms with van der Waals surface area (Å²) in [6.07, 6.45) is 0. The molecule has 0 aliphatic carbocycles. The zero-order valence-corrected chi connectivity index (χ0v) is 14.8. The molecule has 1 fully saturated rings. The van der Waals surface area contributed by atoms with Crippen LogP contribution >= 0.6 is 11.3 Å². The second-order valence-corrected chi connectivity index (χ2v) is 6.79. The van der Waals surface area contributed by atoms with E-state index < -0.39 is 0 Å². The number of urea groups is 1. The number of nitrogens with zero attached hydrogens (tertiary/aromatic N) is 3. The number of aryl methyl sites for hydroxylation is 2. The number of morpholine rings is 1. The standard InChI is InChI=1S/C16H23N5O2S/c1-12-10-15(20(2)19-12)18-16(22)17-11-13(14-4-3-9-24-14)21-5-7-23-8-6-21/h3-4,9-10,13H,5-8,11H2,1-2H3,(H2,17,18,22). The van der Waals surface area contributed by atoms with Crippen LogP contribution in [0.3, 0.4) is 0 Å². The number of aromatic nitrogens is 2. The minimum atomic E-state index is -0.215. The first kappa shape index (κ1) is 16.9. The van der Waals surface area contributed by atoms with Gasteiger partial charge in [-0.1, -0.05) is 6.07 Å². The lowest BCUT2D eigenvalue weighted by Crippen LogP contribution is -2.44. The van der Waals surface area contributed by atoms with E-state index in [2.05, 4.69) is 32.1 Å². The molecule has 0 spiro atoms. The molecular weight excluding hydrogens is 326 g/mol. The molecule has 1 unspecified atom stereocenters. The number of carbonyl (C=O) groups excluding carboxylic acids is 1. The summed E-state index contributed by atoms with van der Waals surface area (Å²) >= 11 is 1.72. The van der Waals surface area contributed by atoms with E-state index >= 15 is 0 Å². The van der Waals surface area contributed by atoms with Crippen LogP contribution in [0.25, 0.3) is 0 Å². The molecule has 0 saturated carbocycles. The topological polar surface area (TPSA) is 71.4 Å². The fourth-order valence-electron chi connectivity index (χ4n) is 2.86. The second kappa shape index (κ2) is 7.78. The predicted molar refractivity (Wildman–Crippen MR) is 94.4 cm³/mol. The third-order valence-corrected chi connectivity index (χ3v) is 5.03. The summed E-state index contributed by atoms with van der Waals surface area (Å²) in [5.74, 6) is 0.684. The Balaban J connectivity index is 1.60. The lowest BCUT2D eigenvalue weighted by Gasteiger charge is -2.34. The molecule has 1 atom stereocenters. The van der Waals surface area contributed by atoms with E-state index in [0.29, 0.717) is 12.4 Å². The van der Waals surface area contributed by atoms with Gasteiger partial charge in [0, 0.05) is 37.6 Å². The first-order chi connectivity index (χ1) is 11.6. The van der Waals surface area contributed by atoms with E-state index in [9.17, 15) is 4.79 Å². The van der Waals surface area contributed by atoms with Gasteiger partial charge >= 0.3 is 6.03 Å². The van der Waals surface area contributed by atoms with E-state index in [4.69, 9.17) is 4.74 Å². The number of hydrogen-bond donors (Lipinski definition) is 2. The molecule has 3 heterocycles. The van der Waals surface area contributed by atoms with E-state index in [1.807, 2.05) is 26.1 Å². The number of carbonyl (C=O) groups is 1. The van der Waals surface area contributed by atoms with E-state index in [-0.39, 0.29) is 12.1 Å². The van der Waals surface area contributed by atoms with Crippen molar-refractivity contribution in [1.29, 1.82) is 0 Å². The number of anilines is 1. The normalized spacial score (nSPS) is 16.8. The van der Waals surface area contributed by atoms with Gasteiger partial charge in [0.05, 0.1) is 24.9 Å². The number of ether oxygens (including phenoxy) is 1. The third kappa shape index (κ3) is 4.14. The van der Waals surface area contributed by atoms with Gasteiger partial charge in [0.15, 0.2) is 0 Å². The Morgan fingerprint density at radius 2 is 2.25 bits per heavy atom. The van der Waals surface area contributed by atoms with Gasteiger partial charge in [-0.3, -0.25) is 14.9 Å². The molecule has 3 rings (SSSR count). The maximum absolute atomic E-state index is 12.2. The Bertz CT molecular complexity index is 664. The molecule has 1 aliphatic rings. The molecule has 8 heteroatoms. The Kier molecular flexibility index (Phi) is 5.49. The van der Waals surface area contributed by atoms with E-state index in [1.165, 1.54) is 4.88 Å². The second-order valence-electron chi connectivity index (χ2n) is 5.81. The highest BCUT2D eigenvalue weighted by Gasteiger charge is 2.24. The summed E-state index contributed by atoms with van der Waals surface area (Å²) in [5, 5.41) is 12.1. The van der Waals surface area contributed by atoms with Crippen molar-refractivity contribution < 1.29 is 9.53 Å². The van der Waals surface area contributed by atoms with Gasteiger partial charge in [-0.05, 0) is 18.4 Å². The van der Waals surface area contributed by atoms with Crippen molar-refractivity contribution in [1.82, 2.24) is 20.0 Å². The molecule has 0 aromatic carbocycles. The first-order valence-electron chi connectivity index (χ1n) is 8.04. The molecule has 7 nitrogen and oxygen atoms in total. The first-order valence-corrected chi connectivity index (χ1v) is 8.92. The molecule has 2 aromatic rings. The zero-order chi connectivity index (χ0) is 16.9. The number of nitrogens with one attached hydrogen (secondary N) is 2. The maximum Gasteiger partial charge on any atom is 0.320 e. The minimum absolute atomic E-state index is 0.174. The SMILES string of the molecule is Cc1cc(NC(=O)NCC(c2cccs2)N2CCOCC2)n(C)n1. The molecule has 24 heavy (non-hydrogen) atoms. The summed E-state index contributed by atoms with van der Waals surface area (Å²) in [5.41, 5.74) is 0.873. The predicted octanol–water partition coefficient (Wildman–Crippen LogP) is 1.99. The Morgan fingerprint density at radius 3 is 2.88 bits per heavy atom. The van der Waals surface area contributed by atoms with Gasteiger partial charge < -0.3 is 10.1 Å². The molecular formula is C16H23N5O2S. The summed E-state index contributed by atoms with van der Waals surface area (Å²) in [6, 6.07) is 5.97. The molecule has 0 radical (unpaired) electrons. The van der Waals surface area contributed by atoms with Crippen LogP contribution in [0.15, 0.2) is 23.6 Å². The molecule has 130 valence electrons. The van der Waals surface area contributed by atoms with Gasteiger partial charge in [0.2, 0.25) is 0 Å². The molecule has 1 aliphatic heterocycles. The van der Waals surface area contributed by atoms with Gasteiger partial charge in [-0.15, -0.1) is 11.3 Å².